The van der Waals surface area contributed by atoms with Crippen molar-refractivity contribution in [3.8, 4) is 5.75 Å². The average Bonchev–Trinajstić information content (AvgIpc) is 2.89. The molecule has 4 rings (SSSR count). The second-order valence-corrected chi connectivity index (χ2v) is 9.87. The number of amides is 1. The highest BCUT2D eigenvalue weighted by molar-refractivity contribution is 7.89. The minimum Gasteiger partial charge on any atom is -0.495 e. The lowest BCUT2D eigenvalue weighted by Crippen LogP contribution is -2.55. The Hall–Kier alpha value is -3.36. The molecule has 1 N–H and O–H groups in total. The first kappa shape index (κ1) is 23.8. The predicted octanol–water partition coefficient (Wildman–Crippen LogP) is 2.93. The number of ether oxygens (including phenoxy) is 1. The van der Waals surface area contributed by atoms with Crippen LogP contribution in [0, 0.1) is 0 Å². The van der Waals surface area contributed by atoms with Crippen LogP contribution >= 0.6 is 0 Å². The van der Waals surface area contributed by atoms with Crippen molar-refractivity contribution in [2.24, 2.45) is 0 Å². The van der Waals surface area contributed by atoms with Crippen LogP contribution in [0.4, 0.5) is 5.69 Å². The molecule has 1 fully saturated rings. The normalized spacial score (nSPS) is 15.1. The lowest BCUT2D eigenvalue weighted by atomic mass is 10.1. The largest absolute Gasteiger partial charge is 0.495 e. The molecule has 3 aromatic carbocycles. The molecule has 1 unspecified atom stereocenters. The number of hydrogen-bond acceptors (Lipinski definition) is 5. The number of anilines is 1. The Kier molecular flexibility index (Phi) is 7.49. The second kappa shape index (κ2) is 10.7. The van der Waals surface area contributed by atoms with E-state index in [0.717, 1.165) is 17.0 Å². The van der Waals surface area contributed by atoms with Gasteiger partial charge in [-0.2, -0.15) is 4.72 Å². The maximum atomic E-state index is 13.5. The van der Waals surface area contributed by atoms with Gasteiger partial charge in [-0.15, -0.1) is 0 Å². The van der Waals surface area contributed by atoms with E-state index in [1.165, 1.54) is 12.1 Å². The van der Waals surface area contributed by atoms with Crippen LogP contribution in [0.3, 0.4) is 0 Å². The van der Waals surface area contributed by atoms with Gasteiger partial charge in [0.15, 0.2) is 0 Å². The van der Waals surface area contributed by atoms with Crippen molar-refractivity contribution in [3.05, 3.63) is 90.5 Å². The summed E-state index contributed by atoms with van der Waals surface area (Å²) in [5, 5.41) is 0. The fourth-order valence-corrected chi connectivity index (χ4v) is 5.37. The van der Waals surface area contributed by atoms with Crippen molar-refractivity contribution in [2.45, 2.75) is 17.4 Å². The van der Waals surface area contributed by atoms with E-state index in [1.54, 1.807) is 30.2 Å². The quantitative estimate of drug-likeness (QED) is 0.538. The molecule has 1 atom stereocenters. The van der Waals surface area contributed by atoms with Crippen molar-refractivity contribution in [3.63, 3.8) is 0 Å². The van der Waals surface area contributed by atoms with E-state index in [2.05, 4.69) is 9.62 Å². The summed E-state index contributed by atoms with van der Waals surface area (Å²) in [5.41, 5.74) is 1.88. The van der Waals surface area contributed by atoms with E-state index in [-0.39, 0.29) is 17.2 Å². The molecule has 0 saturated carbocycles. The van der Waals surface area contributed by atoms with Gasteiger partial charge in [-0.05, 0) is 36.2 Å². The molecule has 0 radical (unpaired) electrons. The molecular weight excluding hydrogens is 450 g/mol. The van der Waals surface area contributed by atoms with Crippen molar-refractivity contribution in [1.29, 1.82) is 0 Å². The maximum Gasteiger partial charge on any atom is 0.241 e. The summed E-state index contributed by atoms with van der Waals surface area (Å²) in [6, 6.07) is 24.5. The number of sulfonamides is 1. The summed E-state index contributed by atoms with van der Waals surface area (Å²) >= 11 is 0. The lowest BCUT2D eigenvalue weighted by Gasteiger charge is -2.38. The van der Waals surface area contributed by atoms with E-state index in [9.17, 15) is 13.2 Å². The number of piperazine rings is 1. The van der Waals surface area contributed by atoms with Crippen LogP contribution in [-0.4, -0.2) is 58.6 Å². The van der Waals surface area contributed by atoms with Crippen molar-refractivity contribution in [2.75, 3.05) is 38.2 Å². The number of carbonyl (C=O) groups excluding carboxylic acids is 1. The van der Waals surface area contributed by atoms with Crippen LogP contribution in [0.15, 0.2) is 89.8 Å². The third-order valence-electron chi connectivity index (χ3n) is 5.95. The molecule has 7 nitrogen and oxygen atoms in total. The Morgan fingerprint density at radius 2 is 1.47 bits per heavy atom. The van der Waals surface area contributed by atoms with E-state index >= 15 is 0 Å². The number of rotatable bonds is 8. The van der Waals surface area contributed by atoms with E-state index in [0.29, 0.717) is 26.2 Å². The lowest BCUT2D eigenvalue weighted by molar-refractivity contribution is -0.133. The number of nitrogens with one attached hydrogen (secondary N) is 1. The molecule has 1 aliphatic rings. The number of para-hydroxylation sites is 2. The Morgan fingerprint density at radius 1 is 0.882 bits per heavy atom. The minimum atomic E-state index is -3.85. The van der Waals surface area contributed by atoms with Gasteiger partial charge in [0, 0.05) is 26.2 Å². The molecule has 8 heteroatoms. The zero-order chi connectivity index (χ0) is 24.0. The van der Waals surface area contributed by atoms with Crippen molar-refractivity contribution < 1.29 is 17.9 Å². The van der Waals surface area contributed by atoms with Crippen LogP contribution in [0.25, 0.3) is 0 Å². The average molecular weight is 480 g/mol. The molecular formula is C26H29N3O4S. The first-order valence-corrected chi connectivity index (χ1v) is 12.7. The molecule has 1 aliphatic heterocycles. The van der Waals surface area contributed by atoms with E-state index < -0.39 is 16.1 Å². The summed E-state index contributed by atoms with van der Waals surface area (Å²) in [4.78, 5) is 17.6. The molecule has 34 heavy (non-hydrogen) atoms. The number of methoxy groups -OCH3 is 1. The van der Waals surface area contributed by atoms with Gasteiger partial charge in [0.05, 0.1) is 17.7 Å². The third kappa shape index (κ3) is 5.58. The summed E-state index contributed by atoms with van der Waals surface area (Å²) in [7, 11) is -2.21. The van der Waals surface area contributed by atoms with E-state index in [1.807, 2.05) is 54.6 Å². The van der Waals surface area contributed by atoms with Crippen LogP contribution in [0.5, 0.6) is 5.75 Å². The smallest absolute Gasteiger partial charge is 0.241 e. The molecule has 1 heterocycles. The first-order valence-electron chi connectivity index (χ1n) is 11.3. The van der Waals surface area contributed by atoms with Gasteiger partial charge in [0.25, 0.3) is 0 Å². The Labute approximate surface area is 201 Å². The highest BCUT2D eigenvalue weighted by Gasteiger charge is 2.31. The molecule has 1 saturated heterocycles. The van der Waals surface area contributed by atoms with Crippen molar-refractivity contribution >= 4 is 21.6 Å². The second-order valence-electron chi connectivity index (χ2n) is 8.16. The number of benzene rings is 3. The predicted molar refractivity (Wildman–Crippen MR) is 132 cm³/mol. The molecule has 3 aromatic rings. The monoisotopic (exact) mass is 479 g/mol. The molecule has 0 spiro atoms. The molecule has 178 valence electrons. The SMILES string of the molecule is COc1ccccc1N1CCN(C(=O)C(Cc2ccccc2)NS(=O)(=O)c2ccccc2)CC1. The Balaban J connectivity index is 1.50. The number of hydrogen-bond donors (Lipinski definition) is 1. The van der Waals surface area contributed by atoms with Gasteiger partial charge in [-0.3, -0.25) is 4.79 Å². The minimum absolute atomic E-state index is 0.141. The standard InChI is InChI=1S/C26H29N3O4S/c1-33-25-15-9-8-14-24(25)28-16-18-29(19-17-28)26(30)23(20-21-10-4-2-5-11-21)27-34(31,32)22-12-6-3-7-13-22/h2-15,23,27H,16-20H2,1H3. The molecule has 0 aliphatic carbocycles. The fraction of sp³-hybridized carbons (Fsp3) is 0.269. The zero-order valence-electron chi connectivity index (χ0n) is 19.1. The summed E-state index contributed by atoms with van der Waals surface area (Å²) in [5.74, 6) is 0.572. The van der Waals surface area contributed by atoms with Gasteiger partial charge in [0.2, 0.25) is 15.9 Å². The van der Waals surface area contributed by atoms with Crippen LogP contribution in [0.2, 0.25) is 0 Å². The molecule has 0 aromatic heterocycles. The van der Waals surface area contributed by atoms with Crippen LogP contribution in [-0.2, 0) is 21.2 Å². The van der Waals surface area contributed by atoms with Gasteiger partial charge in [0.1, 0.15) is 11.8 Å². The van der Waals surface area contributed by atoms with Gasteiger partial charge < -0.3 is 14.5 Å². The number of nitrogens with zero attached hydrogens (tertiary/aromatic N) is 2. The van der Waals surface area contributed by atoms with Crippen LogP contribution in [0.1, 0.15) is 5.56 Å². The Morgan fingerprint density at radius 3 is 2.12 bits per heavy atom. The van der Waals surface area contributed by atoms with Gasteiger partial charge in [-0.25, -0.2) is 8.42 Å². The summed E-state index contributed by atoms with van der Waals surface area (Å²) < 4.78 is 34.2. The summed E-state index contributed by atoms with van der Waals surface area (Å²) in [6.07, 6.45) is 0.276. The highest BCUT2D eigenvalue weighted by Crippen LogP contribution is 2.28. The number of carbonyl (C=O) groups is 1. The van der Waals surface area contributed by atoms with Gasteiger partial charge in [-0.1, -0.05) is 60.7 Å². The highest BCUT2D eigenvalue weighted by atomic mass is 32.2. The van der Waals surface area contributed by atoms with Gasteiger partial charge >= 0.3 is 0 Å². The summed E-state index contributed by atoms with van der Waals surface area (Å²) in [6.45, 7) is 2.26. The van der Waals surface area contributed by atoms with E-state index in [4.69, 9.17) is 4.74 Å². The fourth-order valence-electron chi connectivity index (χ4n) is 4.16. The topological polar surface area (TPSA) is 79.0 Å². The first-order chi connectivity index (χ1) is 16.5. The zero-order valence-corrected chi connectivity index (χ0v) is 19.9. The maximum absolute atomic E-state index is 13.5. The van der Waals surface area contributed by atoms with Crippen molar-refractivity contribution in [1.82, 2.24) is 9.62 Å². The Bertz CT molecular complexity index is 1190. The molecule has 0 bridgehead atoms. The molecule has 1 amide bonds. The van der Waals surface area contributed by atoms with Crippen LogP contribution < -0.4 is 14.4 Å². The third-order valence-corrected chi connectivity index (χ3v) is 7.44.